The molecule has 2 aliphatic rings. The van der Waals surface area contributed by atoms with E-state index in [1.807, 2.05) is 36.4 Å². The van der Waals surface area contributed by atoms with Crippen molar-refractivity contribution in [3.05, 3.63) is 131 Å². The Morgan fingerprint density at radius 3 is 2.46 bits per heavy atom. The highest BCUT2D eigenvalue weighted by Gasteiger charge is 2.51. The van der Waals surface area contributed by atoms with Crippen LogP contribution in [0.1, 0.15) is 32.6 Å². The summed E-state index contributed by atoms with van der Waals surface area (Å²) >= 11 is 1.37. The number of para-hydroxylation sites is 1. The third kappa shape index (κ3) is 7.20. The number of Topliss-reactive ketones (excluding diaryl/α,β-unsaturated/α-hetero) is 1. The molecule has 13 heteroatoms. The Morgan fingerprint density at radius 2 is 1.71 bits per heavy atom. The lowest BCUT2D eigenvalue weighted by Crippen LogP contribution is -2.65. The van der Waals surface area contributed by atoms with Gasteiger partial charge in [-0.25, -0.2) is 14.2 Å². The first kappa shape index (κ1) is 34.4. The lowest BCUT2D eigenvalue weighted by molar-refractivity contribution is -0.157. The van der Waals surface area contributed by atoms with Gasteiger partial charge in [-0.2, -0.15) is 5.01 Å². The second-order valence-corrected chi connectivity index (χ2v) is 13.6. The van der Waals surface area contributed by atoms with Gasteiger partial charge < -0.3 is 20.9 Å². The molecular weight excluding hydrogens is 682 g/mol. The number of amides is 4. The minimum absolute atomic E-state index is 0.106. The second kappa shape index (κ2) is 14.6. The highest BCUT2D eigenvalue weighted by Crippen LogP contribution is 2.32. The average molecular weight is 716 g/mol. The van der Waals surface area contributed by atoms with Gasteiger partial charge in [0.1, 0.15) is 18.0 Å². The number of piperazine rings is 1. The van der Waals surface area contributed by atoms with Crippen LogP contribution >= 0.6 is 11.3 Å². The number of nitrogens with zero attached hydrogens (tertiary/aromatic N) is 5. The summed E-state index contributed by atoms with van der Waals surface area (Å²) in [6, 6.07) is 26.3. The molecule has 2 fully saturated rings. The third-order valence-electron chi connectivity index (χ3n) is 9.22. The molecule has 0 spiro atoms. The zero-order valence-corrected chi connectivity index (χ0v) is 29.0. The van der Waals surface area contributed by atoms with Crippen LogP contribution in [-0.4, -0.2) is 80.8 Å². The van der Waals surface area contributed by atoms with Gasteiger partial charge in [0.25, 0.3) is 0 Å². The van der Waals surface area contributed by atoms with E-state index in [0.717, 1.165) is 21.3 Å². The number of benzene rings is 4. The number of nitrogens with two attached hydrogens (primary N) is 1. The molecule has 7 rings (SSSR count). The number of thiazole rings is 1. The molecule has 2 saturated heterocycles. The van der Waals surface area contributed by atoms with Gasteiger partial charge >= 0.3 is 6.03 Å². The van der Waals surface area contributed by atoms with E-state index in [4.69, 9.17) is 5.73 Å². The summed E-state index contributed by atoms with van der Waals surface area (Å²) in [4.78, 5) is 61.7. The first-order chi connectivity index (χ1) is 25.1. The van der Waals surface area contributed by atoms with Crippen LogP contribution in [0.25, 0.3) is 10.2 Å². The SMILES string of the molecule is CN(C(=O)NCc1ccc(F)cc1)N1CC(=O)N2[C@@H](Cc3ccc(C#CC(=O)c4ccccc4)cc3)C(=O)N(Cc3cccc4sc(N)nc34)C[C@@H]21. The summed E-state index contributed by atoms with van der Waals surface area (Å²) in [6.07, 6.45) is -0.415. The fourth-order valence-electron chi connectivity index (χ4n) is 6.56. The average Bonchev–Trinajstić information content (AvgIpc) is 3.71. The molecule has 0 saturated carbocycles. The van der Waals surface area contributed by atoms with Crippen LogP contribution in [0.5, 0.6) is 0 Å². The minimum atomic E-state index is -0.858. The largest absolute Gasteiger partial charge is 0.375 e. The number of urea groups is 1. The second-order valence-electron chi connectivity index (χ2n) is 12.6. The number of hydrogen-bond acceptors (Lipinski definition) is 8. The van der Waals surface area contributed by atoms with E-state index in [0.29, 0.717) is 21.8 Å². The van der Waals surface area contributed by atoms with E-state index in [1.165, 1.54) is 28.5 Å². The Hall–Kier alpha value is -6.10. The topological polar surface area (TPSA) is 132 Å². The van der Waals surface area contributed by atoms with Gasteiger partial charge in [-0.05, 0) is 52.9 Å². The summed E-state index contributed by atoms with van der Waals surface area (Å²) < 4.78 is 14.3. The van der Waals surface area contributed by atoms with Crippen LogP contribution in [-0.2, 0) is 29.1 Å². The maximum Gasteiger partial charge on any atom is 0.332 e. The molecule has 0 aliphatic carbocycles. The molecule has 0 bridgehead atoms. The number of rotatable bonds is 8. The molecule has 2 aliphatic heterocycles. The van der Waals surface area contributed by atoms with Crippen LogP contribution in [0.3, 0.4) is 0 Å². The molecule has 3 heterocycles. The van der Waals surface area contributed by atoms with Crippen LogP contribution in [0.2, 0.25) is 0 Å². The number of ketones is 1. The van der Waals surface area contributed by atoms with Crippen molar-refractivity contribution in [2.24, 2.45) is 0 Å². The van der Waals surface area contributed by atoms with Crippen LogP contribution in [0.15, 0.2) is 97.1 Å². The quantitative estimate of drug-likeness (QED) is 0.180. The van der Waals surface area contributed by atoms with E-state index in [9.17, 15) is 23.6 Å². The monoisotopic (exact) mass is 715 g/mol. The molecule has 0 radical (unpaired) electrons. The predicted molar refractivity (Wildman–Crippen MR) is 195 cm³/mol. The number of carbonyl (C=O) groups is 4. The molecule has 4 amide bonds. The Labute approximate surface area is 303 Å². The number of carbonyl (C=O) groups excluding carboxylic acids is 4. The Balaban J connectivity index is 1.13. The van der Waals surface area contributed by atoms with Crippen molar-refractivity contribution in [1.29, 1.82) is 0 Å². The van der Waals surface area contributed by atoms with Crippen LogP contribution in [0, 0.1) is 17.7 Å². The fourth-order valence-corrected chi connectivity index (χ4v) is 7.34. The molecule has 0 unspecified atom stereocenters. The van der Waals surface area contributed by atoms with Crippen molar-refractivity contribution in [1.82, 2.24) is 30.1 Å². The van der Waals surface area contributed by atoms with Crippen molar-refractivity contribution < 1.29 is 23.6 Å². The number of halogens is 1. The molecule has 1 aromatic heterocycles. The predicted octanol–water partition coefficient (Wildman–Crippen LogP) is 4.43. The summed E-state index contributed by atoms with van der Waals surface area (Å²) in [7, 11) is 1.58. The van der Waals surface area contributed by atoms with Gasteiger partial charge in [0.05, 0.1) is 23.3 Å². The minimum Gasteiger partial charge on any atom is -0.375 e. The maximum atomic E-state index is 14.3. The molecule has 3 N–H and O–H groups in total. The smallest absolute Gasteiger partial charge is 0.332 e. The number of nitrogen functional groups attached to an aromatic ring is 1. The number of nitrogens with one attached hydrogen (secondary N) is 1. The first-order valence-corrected chi connectivity index (χ1v) is 17.4. The standard InChI is InChI=1S/C39H34FN7O4S/c1-44(39(51)42-21-27-14-17-30(40)18-15-27)46-24-35(49)47-31(20-26-12-10-25(11-13-26)16-19-32(48)28-6-3-2-4-7-28)37(50)45(23-34(46)47)22-29-8-5-9-33-36(29)43-38(41)52-33/h2-15,17-18,31,34H,20-24H2,1H3,(H2,41,43)(H,42,51)/t31-,34+/m0/s1. The number of anilines is 1. The number of hydrogen-bond donors (Lipinski definition) is 2. The summed E-state index contributed by atoms with van der Waals surface area (Å²) in [5.74, 6) is 4.42. The van der Waals surface area contributed by atoms with E-state index in [2.05, 4.69) is 22.1 Å². The number of aromatic nitrogens is 1. The Morgan fingerprint density at radius 1 is 0.981 bits per heavy atom. The lowest BCUT2D eigenvalue weighted by atomic mass is 9.99. The first-order valence-electron chi connectivity index (χ1n) is 16.6. The van der Waals surface area contributed by atoms with Gasteiger partial charge in [-0.3, -0.25) is 19.4 Å². The zero-order valence-electron chi connectivity index (χ0n) is 28.2. The molecule has 2 atom stereocenters. The number of hydrazine groups is 1. The number of fused-ring (bicyclic) bond motifs is 2. The highest BCUT2D eigenvalue weighted by atomic mass is 32.1. The normalized spacial score (nSPS) is 17.1. The maximum absolute atomic E-state index is 14.3. The van der Waals surface area contributed by atoms with E-state index in [-0.39, 0.29) is 56.0 Å². The summed E-state index contributed by atoms with van der Waals surface area (Å²) in [5, 5.41) is 6.29. The molecular formula is C39H34FN7O4S. The van der Waals surface area contributed by atoms with E-state index < -0.39 is 18.2 Å². The molecule has 11 nitrogen and oxygen atoms in total. The summed E-state index contributed by atoms with van der Waals surface area (Å²) in [5.41, 5.74) is 10.2. The highest BCUT2D eigenvalue weighted by molar-refractivity contribution is 7.22. The summed E-state index contributed by atoms with van der Waals surface area (Å²) in [6.45, 7) is 0.433. The molecule has 4 aromatic carbocycles. The van der Waals surface area contributed by atoms with E-state index >= 15 is 0 Å². The van der Waals surface area contributed by atoms with Gasteiger partial charge in [-0.15, -0.1) is 0 Å². The van der Waals surface area contributed by atoms with Crippen molar-refractivity contribution in [3.63, 3.8) is 0 Å². The van der Waals surface area contributed by atoms with Gasteiger partial charge in [-0.1, -0.05) is 84.0 Å². The van der Waals surface area contributed by atoms with Gasteiger partial charge in [0.15, 0.2) is 5.13 Å². The van der Waals surface area contributed by atoms with E-state index in [1.54, 1.807) is 70.4 Å². The Bertz CT molecular complexity index is 2220. The molecule has 5 aromatic rings. The van der Waals surface area contributed by atoms with Gasteiger partial charge in [0.2, 0.25) is 17.6 Å². The molecule has 52 heavy (non-hydrogen) atoms. The van der Waals surface area contributed by atoms with Crippen molar-refractivity contribution in [3.8, 4) is 11.8 Å². The van der Waals surface area contributed by atoms with Crippen LogP contribution < -0.4 is 11.1 Å². The molecule has 262 valence electrons. The van der Waals surface area contributed by atoms with Crippen LogP contribution in [0.4, 0.5) is 14.3 Å². The fraction of sp³-hybridized carbons (Fsp3) is 0.205. The van der Waals surface area contributed by atoms with Gasteiger partial charge in [0, 0.05) is 37.7 Å². The van der Waals surface area contributed by atoms with Crippen molar-refractivity contribution in [2.75, 3.05) is 25.9 Å². The lowest BCUT2D eigenvalue weighted by Gasteiger charge is -2.45. The van der Waals surface area contributed by atoms with Crippen molar-refractivity contribution >= 4 is 50.3 Å². The van der Waals surface area contributed by atoms with Crippen molar-refractivity contribution in [2.45, 2.75) is 31.7 Å². The zero-order chi connectivity index (χ0) is 36.4. The Kier molecular flexibility index (Phi) is 9.67. The third-order valence-corrected chi connectivity index (χ3v) is 10.1.